The third kappa shape index (κ3) is 3.41. The van der Waals surface area contributed by atoms with Gasteiger partial charge in [-0.25, -0.2) is 14.4 Å². The van der Waals surface area contributed by atoms with Crippen LogP contribution in [0.3, 0.4) is 0 Å². The van der Waals surface area contributed by atoms with Gasteiger partial charge in [0.2, 0.25) is 5.95 Å². The second kappa shape index (κ2) is 5.25. The molecule has 0 bridgehead atoms. The van der Waals surface area contributed by atoms with Crippen molar-refractivity contribution in [2.75, 3.05) is 17.6 Å². The molecule has 5 heteroatoms. The van der Waals surface area contributed by atoms with E-state index < -0.39 is 0 Å². The molecule has 2 aromatic rings. The van der Waals surface area contributed by atoms with E-state index >= 15 is 0 Å². The molecule has 0 radical (unpaired) electrons. The number of anilines is 2. The predicted octanol–water partition coefficient (Wildman–Crippen LogP) is 1.85. The van der Waals surface area contributed by atoms with Crippen LogP contribution < -0.4 is 11.1 Å². The Labute approximate surface area is 98.7 Å². The first-order chi connectivity index (χ1) is 8.24. The van der Waals surface area contributed by atoms with Gasteiger partial charge in [-0.05, 0) is 24.1 Å². The maximum absolute atomic E-state index is 12.7. The Morgan fingerprint density at radius 3 is 2.41 bits per heavy atom. The van der Waals surface area contributed by atoms with E-state index in [1.165, 1.54) is 12.1 Å². The van der Waals surface area contributed by atoms with Crippen LogP contribution in [0.15, 0.2) is 36.7 Å². The fraction of sp³-hybridized carbons (Fsp3) is 0.167. The molecule has 0 fully saturated rings. The molecular formula is C12H13FN4. The maximum Gasteiger partial charge on any atom is 0.222 e. The zero-order valence-corrected chi connectivity index (χ0v) is 9.23. The van der Waals surface area contributed by atoms with Crippen molar-refractivity contribution in [3.8, 4) is 0 Å². The first-order valence-corrected chi connectivity index (χ1v) is 5.30. The van der Waals surface area contributed by atoms with Gasteiger partial charge in [0.25, 0.3) is 0 Å². The number of nitrogen functional groups attached to an aromatic ring is 1. The Balaban J connectivity index is 1.83. The van der Waals surface area contributed by atoms with Gasteiger partial charge in [-0.15, -0.1) is 0 Å². The molecule has 88 valence electrons. The molecule has 1 aromatic carbocycles. The number of nitrogens with two attached hydrogens (primary N) is 1. The standard InChI is InChI=1S/C12H13FN4/c13-10-3-1-9(2-4-10)5-6-15-12-16-7-11(14)8-17-12/h1-4,7-8H,5-6,14H2,(H,15,16,17). The average Bonchev–Trinajstić information content (AvgIpc) is 2.34. The molecule has 1 heterocycles. The fourth-order valence-corrected chi connectivity index (χ4v) is 1.40. The molecule has 0 saturated carbocycles. The third-order valence-corrected chi connectivity index (χ3v) is 2.28. The van der Waals surface area contributed by atoms with Gasteiger partial charge < -0.3 is 11.1 Å². The summed E-state index contributed by atoms with van der Waals surface area (Å²) in [6.07, 6.45) is 3.88. The van der Waals surface area contributed by atoms with E-state index in [4.69, 9.17) is 5.73 Å². The molecule has 17 heavy (non-hydrogen) atoms. The molecule has 0 unspecified atom stereocenters. The highest BCUT2D eigenvalue weighted by atomic mass is 19.1. The van der Waals surface area contributed by atoms with Crippen LogP contribution in [0.2, 0.25) is 0 Å². The summed E-state index contributed by atoms with van der Waals surface area (Å²) in [5.74, 6) is 0.324. The highest BCUT2D eigenvalue weighted by molar-refractivity contribution is 5.35. The van der Waals surface area contributed by atoms with E-state index in [-0.39, 0.29) is 5.82 Å². The second-order valence-corrected chi connectivity index (χ2v) is 3.64. The van der Waals surface area contributed by atoms with Gasteiger partial charge >= 0.3 is 0 Å². The highest BCUT2D eigenvalue weighted by Crippen LogP contribution is 2.05. The predicted molar refractivity (Wildman–Crippen MR) is 65.0 cm³/mol. The lowest BCUT2D eigenvalue weighted by atomic mass is 10.1. The Hall–Kier alpha value is -2.17. The lowest BCUT2D eigenvalue weighted by Crippen LogP contribution is -2.08. The van der Waals surface area contributed by atoms with Crippen molar-refractivity contribution >= 4 is 11.6 Å². The Kier molecular flexibility index (Phi) is 3.49. The highest BCUT2D eigenvalue weighted by Gasteiger charge is 1.96. The zero-order chi connectivity index (χ0) is 12.1. The average molecular weight is 232 g/mol. The normalized spacial score (nSPS) is 10.2. The van der Waals surface area contributed by atoms with Crippen LogP contribution >= 0.6 is 0 Å². The summed E-state index contributed by atoms with van der Waals surface area (Å²) in [5.41, 5.74) is 7.07. The van der Waals surface area contributed by atoms with E-state index in [1.54, 1.807) is 24.5 Å². The molecule has 0 aliphatic rings. The molecule has 0 aliphatic carbocycles. The number of halogens is 1. The molecule has 2 rings (SSSR count). The maximum atomic E-state index is 12.7. The Morgan fingerprint density at radius 1 is 1.12 bits per heavy atom. The van der Waals surface area contributed by atoms with Crippen LogP contribution in [0.4, 0.5) is 16.0 Å². The van der Waals surface area contributed by atoms with Gasteiger partial charge in [0.05, 0.1) is 18.1 Å². The summed E-state index contributed by atoms with van der Waals surface area (Å²) in [6, 6.07) is 6.44. The van der Waals surface area contributed by atoms with Crippen molar-refractivity contribution in [3.63, 3.8) is 0 Å². The van der Waals surface area contributed by atoms with Gasteiger partial charge in [-0.2, -0.15) is 0 Å². The number of nitrogens with one attached hydrogen (secondary N) is 1. The van der Waals surface area contributed by atoms with Gasteiger partial charge in [0, 0.05) is 6.54 Å². The quantitative estimate of drug-likeness (QED) is 0.844. The summed E-state index contributed by atoms with van der Waals surface area (Å²) in [7, 11) is 0. The first kappa shape index (κ1) is 11.3. The first-order valence-electron chi connectivity index (χ1n) is 5.30. The Morgan fingerprint density at radius 2 is 1.76 bits per heavy atom. The van der Waals surface area contributed by atoms with Crippen LogP contribution in [0.5, 0.6) is 0 Å². The molecule has 0 atom stereocenters. The van der Waals surface area contributed by atoms with Crippen LogP contribution in [-0.2, 0) is 6.42 Å². The molecular weight excluding hydrogens is 219 g/mol. The van der Waals surface area contributed by atoms with E-state index in [1.807, 2.05) is 0 Å². The number of hydrogen-bond donors (Lipinski definition) is 2. The number of nitrogens with zero attached hydrogens (tertiary/aromatic N) is 2. The summed E-state index contributed by atoms with van der Waals surface area (Å²) in [6.45, 7) is 0.690. The van der Waals surface area contributed by atoms with Crippen LogP contribution in [0, 0.1) is 5.82 Å². The minimum atomic E-state index is -0.219. The zero-order valence-electron chi connectivity index (χ0n) is 9.23. The van der Waals surface area contributed by atoms with Crippen molar-refractivity contribution in [3.05, 3.63) is 48.0 Å². The summed E-state index contributed by atoms with van der Waals surface area (Å²) >= 11 is 0. The summed E-state index contributed by atoms with van der Waals surface area (Å²) in [5, 5.41) is 3.06. The topological polar surface area (TPSA) is 63.8 Å². The van der Waals surface area contributed by atoms with Crippen molar-refractivity contribution < 1.29 is 4.39 Å². The van der Waals surface area contributed by atoms with Crippen LogP contribution in [0.25, 0.3) is 0 Å². The van der Waals surface area contributed by atoms with Crippen LogP contribution in [0.1, 0.15) is 5.56 Å². The number of hydrogen-bond acceptors (Lipinski definition) is 4. The Bertz CT molecular complexity index is 421. The fourth-order valence-electron chi connectivity index (χ4n) is 1.40. The van der Waals surface area contributed by atoms with E-state index in [0.29, 0.717) is 18.2 Å². The van der Waals surface area contributed by atoms with Crippen LogP contribution in [-0.4, -0.2) is 16.5 Å². The molecule has 0 aliphatic heterocycles. The summed E-state index contributed by atoms with van der Waals surface area (Å²) in [4.78, 5) is 8.03. The molecule has 0 spiro atoms. The van der Waals surface area contributed by atoms with Gasteiger partial charge in [-0.1, -0.05) is 12.1 Å². The van der Waals surface area contributed by atoms with Gasteiger partial charge in [-0.3, -0.25) is 0 Å². The lowest BCUT2D eigenvalue weighted by Gasteiger charge is -2.04. The van der Waals surface area contributed by atoms with Crippen molar-refractivity contribution in [2.24, 2.45) is 0 Å². The molecule has 1 aromatic heterocycles. The number of rotatable bonds is 4. The minimum absolute atomic E-state index is 0.219. The minimum Gasteiger partial charge on any atom is -0.396 e. The van der Waals surface area contributed by atoms with Gasteiger partial charge in [0.1, 0.15) is 5.82 Å². The molecule has 4 nitrogen and oxygen atoms in total. The van der Waals surface area contributed by atoms with Gasteiger partial charge in [0.15, 0.2) is 0 Å². The number of benzene rings is 1. The van der Waals surface area contributed by atoms with Crippen molar-refractivity contribution in [1.29, 1.82) is 0 Å². The van der Waals surface area contributed by atoms with Crippen molar-refractivity contribution in [2.45, 2.75) is 6.42 Å². The van der Waals surface area contributed by atoms with Crippen molar-refractivity contribution in [1.82, 2.24) is 9.97 Å². The third-order valence-electron chi connectivity index (χ3n) is 2.28. The SMILES string of the molecule is Nc1cnc(NCCc2ccc(F)cc2)nc1. The molecule has 3 N–H and O–H groups in total. The summed E-state index contributed by atoms with van der Waals surface area (Å²) < 4.78 is 12.7. The smallest absolute Gasteiger partial charge is 0.222 e. The largest absolute Gasteiger partial charge is 0.396 e. The van der Waals surface area contributed by atoms with E-state index in [2.05, 4.69) is 15.3 Å². The lowest BCUT2D eigenvalue weighted by molar-refractivity contribution is 0.627. The monoisotopic (exact) mass is 232 g/mol. The second-order valence-electron chi connectivity index (χ2n) is 3.64. The molecule has 0 saturated heterocycles. The molecule has 0 amide bonds. The van der Waals surface area contributed by atoms with E-state index in [9.17, 15) is 4.39 Å². The number of aromatic nitrogens is 2. The van der Waals surface area contributed by atoms with E-state index in [0.717, 1.165) is 12.0 Å².